The van der Waals surface area contributed by atoms with Crippen molar-refractivity contribution in [3.05, 3.63) is 53.2 Å². The van der Waals surface area contributed by atoms with Gasteiger partial charge < -0.3 is 9.73 Å². The largest absolute Gasteiger partial charge is 0.469 e. The summed E-state index contributed by atoms with van der Waals surface area (Å²) in [7, 11) is 0. The van der Waals surface area contributed by atoms with Crippen molar-refractivity contribution in [2.24, 2.45) is 0 Å². The fraction of sp³-hybridized carbons (Fsp3) is 0.200. The van der Waals surface area contributed by atoms with Crippen LogP contribution in [0.2, 0.25) is 0 Å². The third kappa shape index (κ3) is 3.20. The second kappa shape index (κ2) is 6.48. The lowest BCUT2D eigenvalue weighted by molar-refractivity contribution is 0.0957. The van der Waals surface area contributed by atoms with Gasteiger partial charge in [0.1, 0.15) is 10.6 Å². The molecule has 22 heavy (non-hydrogen) atoms. The van der Waals surface area contributed by atoms with Gasteiger partial charge in [0.2, 0.25) is 0 Å². The Bertz CT molecular complexity index is 753. The Hall–Kier alpha value is -2.54. The average molecular weight is 314 g/mol. The highest BCUT2D eigenvalue weighted by molar-refractivity contribution is 7.17. The number of carbonyl (C=O) groups excluding carboxylic acids is 1. The van der Waals surface area contributed by atoms with E-state index in [9.17, 15) is 4.79 Å². The minimum atomic E-state index is -0.135. The molecule has 3 aromatic heterocycles. The molecule has 112 valence electrons. The first kappa shape index (κ1) is 14.4. The summed E-state index contributed by atoms with van der Waals surface area (Å²) in [6.45, 7) is 2.32. The van der Waals surface area contributed by atoms with Crippen LogP contribution in [0.3, 0.4) is 0 Å². The van der Waals surface area contributed by atoms with Crippen molar-refractivity contribution in [1.82, 2.24) is 20.3 Å². The van der Waals surface area contributed by atoms with Gasteiger partial charge in [-0.2, -0.15) is 0 Å². The third-order valence-electron chi connectivity index (χ3n) is 3.00. The van der Waals surface area contributed by atoms with Gasteiger partial charge in [-0.3, -0.25) is 4.79 Å². The minimum absolute atomic E-state index is 0.135. The van der Waals surface area contributed by atoms with E-state index in [4.69, 9.17) is 4.42 Å². The molecule has 1 N–H and O–H groups in total. The van der Waals surface area contributed by atoms with Gasteiger partial charge in [-0.25, -0.2) is 15.0 Å². The molecule has 3 rings (SSSR count). The SMILES string of the molecule is Cc1nc(-c2ncccn2)sc1C(=O)NCCc1ccco1. The van der Waals surface area contributed by atoms with Crippen molar-refractivity contribution >= 4 is 17.2 Å². The van der Waals surface area contributed by atoms with E-state index >= 15 is 0 Å². The molecule has 6 nitrogen and oxygen atoms in total. The van der Waals surface area contributed by atoms with Gasteiger partial charge in [-0.15, -0.1) is 11.3 Å². The summed E-state index contributed by atoms with van der Waals surface area (Å²) in [5, 5.41) is 3.52. The number of hydrogen-bond donors (Lipinski definition) is 1. The van der Waals surface area contributed by atoms with Gasteiger partial charge in [0.15, 0.2) is 10.8 Å². The van der Waals surface area contributed by atoms with E-state index in [2.05, 4.69) is 20.3 Å². The Kier molecular flexibility index (Phi) is 4.24. The summed E-state index contributed by atoms with van der Waals surface area (Å²) >= 11 is 1.30. The average Bonchev–Trinajstić information content (AvgIpc) is 3.17. The number of aryl methyl sites for hydroxylation is 1. The van der Waals surface area contributed by atoms with Crippen LogP contribution < -0.4 is 5.32 Å². The Balaban J connectivity index is 1.66. The number of hydrogen-bond acceptors (Lipinski definition) is 6. The molecule has 0 radical (unpaired) electrons. The van der Waals surface area contributed by atoms with Crippen LogP contribution >= 0.6 is 11.3 Å². The van der Waals surface area contributed by atoms with Crippen molar-refractivity contribution < 1.29 is 9.21 Å². The number of aromatic nitrogens is 3. The molecule has 7 heteroatoms. The number of rotatable bonds is 5. The van der Waals surface area contributed by atoms with Crippen LogP contribution in [0.25, 0.3) is 10.8 Å². The quantitative estimate of drug-likeness (QED) is 0.782. The zero-order valence-electron chi connectivity index (χ0n) is 11.9. The molecule has 0 saturated heterocycles. The fourth-order valence-corrected chi connectivity index (χ4v) is 2.88. The maximum atomic E-state index is 12.2. The van der Waals surface area contributed by atoms with Gasteiger partial charge in [0.05, 0.1) is 12.0 Å². The molecule has 0 spiro atoms. The molecule has 0 aliphatic carbocycles. The number of nitrogens with zero attached hydrogens (tertiary/aromatic N) is 3. The van der Waals surface area contributed by atoms with E-state index in [0.717, 1.165) is 5.76 Å². The third-order valence-corrected chi connectivity index (χ3v) is 4.15. The molecule has 0 unspecified atom stereocenters. The molecule has 0 fully saturated rings. The molecule has 0 aromatic carbocycles. The molecule has 3 aromatic rings. The second-order valence-corrected chi connectivity index (χ2v) is 5.59. The summed E-state index contributed by atoms with van der Waals surface area (Å²) < 4.78 is 5.23. The predicted octanol–water partition coefficient (Wildman–Crippen LogP) is 2.47. The standard InChI is InChI=1S/C15H14N4O2S/c1-10-12(14(20)18-8-5-11-4-2-9-21-11)22-15(19-10)13-16-6-3-7-17-13/h2-4,6-7,9H,5,8H2,1H3,(H,18,20). The van der Waals surface area contributed by atoms with Crippen molar-refractivity contribution in [2.75, 3.05) is 6.54 Å². The van der Waals surface area contributed by atoms with E-state index in [1.165, 1.54) is 11.3 Å². The molecule has 0 saturated carbocycles. The van der Waals surface area contributed by atoms with Crippen LogP contribution in [-0.4, -0.2) is 27.4 Å². The molecular formula is C15H14N4O2S. The number of amides is 1. The van der Waals surface area contributed by atoms with E-state index in [-0.39, 0.29) is 5.91 Å². The van der Waals surface area contributed by atoms with Crippen LogP contribution in [0, 0.1) is 6.92 Å². The summed E-state index contributed by atoms with van der Waals surface area (Å²) in [6.07, 6.45) is 5.59. The highest BCUT2D eigenvalue weighted by Gasteiger charge is 2.17. The first-order valence-electron chi connectivity index (χ1n) is 6.79. The minimum Gasteiger partial charge on any atom is -0.469 e. The zero-order chi connectivity index (χ0) is 15.4. The fourth-order valence-electron chi connectivity index (χ4n) is 1.95. The Morgan fingerprint density at radius 2 is 2.14 bits per heavy atom. The monoisotopic (exact) mass is 314 g/mol. The number of nitrogens with one attached hydrogen (secondary N) is 1. The van der Waals surface area contributed by atoms with Gasteiger partial charge in [0.25, 0.3) is 5.91 Å². The number of carbonyl (C=O) groups is 1. The molecule has 0 bridgehead atoms. The summed E-state index contributed by atoms with van der Waals surface area (Å²) in [4.78, 5) is 25.5. The van der Waals surface area contributed by atoms with Gasteiger partial charge in [-0.1, -0.05) is 0 Å². The van der Waals surface area contributed by atoms with Gasteiger partial charge >= 0.3 is 0 Å². The molecule has 0 atom stereocenters. The van der Waals surface area contributed by atoms with E-state index < -0.39 is 0 Å². The molecule has 0 aliphatic rings. The van der Waals surface area contributed by atoms with E-state index in [0.29, 0.717) is 34.4 Å². The Morgan fingerprint density at radius 3 is 2.86 bits per heavy atom. The Morgan fingerprint density at radius 1 is 1.32 bits per heavy atom. The summed E-state index contributed by atoms with van der Waals surface area (Å²) in [5.74, 6) is 1.24. The van der Waals surface area contributed by atoms with E-state index in [1.807, 2.05) is 19.1 Å². The lowest BCUT2D eigenvalue weighted by atomic mass is 10.3. The first-order chi connectivity index (χ1) is 10.7. The molecule has 0 aliphatic heterocycles. The normalized spacial score (nSPS) is 10.6. The van der Waals surface area contributed by atoms with Crippen LogP contribution in [0.1, 0.15) is 21.1 Å². The van der Waals surface area contributed by atoms with Gasteiger partial charge in [-0.05, 0) is 25.1 Å². The van der Waals surface area contributed by atoms with Crippen molar-refractivity contribution in [3.63, 3.8) is 0 Å². The molecular weight excluding hydrogens is 300 g/mol. The second-order valence-electron chi connectivity index (χ2n) is 4.59. The smallest absolute Gasteiger partial charge is 0.263 e. The van der Waals surface area contributed by atoms with Crippen LogP contribution in [0.15, 0.2) is 41.3 Å². The molecule has 3 heterocycles. The van der Waals surface area contributed by atoms with Crippen molar-refractivity contribution in [2.45, 2.75) is 13.3 Å². The predicted molar refractivity (Wildman–Crippen MR) is 82.6 cm³/mol. The van der Waals surface area contributed by atoms with Crippen molar-refractivity contribution in [3.8, 4) is 10.8 Å². The molecule has 1 amide bonds. The maximum Gasteiger partial charge on any atom is 0.263 e. The summed E-state index contributed by atoms with van der Waals surface area (Å²) in [6, 6.07) is 5.46. The Labute approximate surface area is 131 Å². The lowest BCUT2D eigenvalue weighted by Gasteiger charge is -2.02. The number of furan rings is 1. The zero-order valence-corrected chi connectivity index (χ0v) is 12.8. The van der Waals surface area contributed by atoms with Crippen molar-refractivity contribution in [1.29, 1.82) is 0 Å². The topological polar surface area (TPSA) is 80.9 Å². The van der Waals surface area contributed by atoms with Crippen LogP contribution in [0.5, 0.6) is 0 Å². The highest BCUT2D eigenvalue weighted by atomic mass is 32.1. The number of thiazole rings is 1. The lowest BCUT2D eigenvalue weighted by Crippen LogP contribution is -2.25. The van der Waals surface area contributed by atoms with Gasteiger partial charge in [0, 0.05) is 25.4 Å². The summed E-state index contributed by atoms with van der Waals surface area (Å²) in [5.41, 5.74) is 0.683. The van der Waals surface area contributed by atoms with Crippen LogP contribution in [0.4, 0.5) is 0 Å². The maximum absolute atomic E-state index is 12.2. The van der Waals surface area contributed by atoms with Crippen LogP contribution in [-0.2, 0) is 6.42 Å². The highest BCUT2D eigenvalue weighted by Crippen LogP contribution is 2.24. The van der Waals surface area contributed by atoms with E-state index in [1.54, 1.807) is 24.7 Å². The first-order valence-corrected chi connectivity index (χ1v) is 7.61.